The molecule has 1 heterocycles. The van der Waals surface area contributed by atoms with E-state index in [9.17, 15) is 12.8 Å². The number of hydrogen-bond donors (Lipinski definition) is 3. The standard InChI is InChI=1S/C11H13FN4O2S/c1-2-7-6-10(15-14-7)16-19(17,18)11-8(12)4-3-5-9(11)13/h3-6H,2,13H2,1H3,(H2,14,15,16). The summed E-state index contributed by atoms with van der Waals surface area (Å²) in [6, 6.07) is 5.23. The molecule has 0 atom stereocenters. The Kier molecular flexibility index (Phi) is 3.43. The number of H-pyrrole nitrogens is 1. The van der Waals surface area contributed by atoms with Gasteiger partial charge in [0.25, 0.3) is 10.0 Å². The third kappa shape index (κ3) is 2.68. The van der Waals surface area contributed by atoms with Crippen molar-refractivity contribution < 1.29 is 12.8 Å². The van der Waals surface area contributed by atoms with E-state index in [-0.39, 0.29) is 11.5 Å². The highest BCUT2D eigenvalue weighted by Crippen LogP contribution is 2.23. The van der Waals surface area contributed by atoms with Gasteiger partial charge in [0.15, 0.2) is 5.82 Å². The third-order valence-corrected chi connectivity index (χ3v) is 3.96. The van der Waals surface area contributed by atoms with E-state index in [0.717, 1.165) is 11.8 Å². The van der Waals surface area contributed by atoms with E-state index in [2.05, 4.69) is 14.9 Å². The van der Waals surface area contributed by atoms with Gasteiger partial charge in [0.2, 0.25) is 0 Å². The molecule has 0 aliphatic rings. The lowest BCUT2D eigenvalue weighted by molar-refractivity contribution is 0.571. The van der Waals surface area contributed by atoms with Crippen LogP contribution < -0.4 is 10.5 Å². The van der Waals surface area contributed by atoms with Crippen molar-refractivity contribution in [3.8, 4) is 0 Å². The maximum Gasteiger partial charge on any atom is 0.268 e. The first-order chi connectivity index (χ1) is 8.94. The highest BCUT2D eigenvalue weighted by molar-refractivity contribution is 7.92. The normalized spacial score (nSPS) is 11.5. The zero-order chi connectivity index (χ0) is 14.0. The Hall–Kier alpha value is -2.09. The lowest BCUT2D eigenvalue weighted by atomic mass is 10.3. The summed E-state index contributed by atoms with van der Waals surface area (Å²) in [5.74, 6) is -0.807. The van der Waals surface area contributed by atoms with Gasteiger partial charge in [-0.25, -0.2) is 12.8 Å². The van der Waals surface area contributed by atoms with Crippen LogP contribution in [0.15, 0.2) is 29.2 Å². The monoisotopic (exact) mass is 284 g/mol. The molecule has 0 amide bonds. The summed E-state index contributed by atoms with van der Waals surface area (Å²) in [7, 11) is -4.10. The quantitative estimate of drug-likeness (QED) is 0.740. The van der Waals surface area contributed by atoms with Crippen LogP contribution in [0.5, 0.6) is 0 Å². The molecule has 2 aromatic rings. The molecule has 1 aromatic carbocycles. The molecule has 4 N–H and O–H groups in total. The van der Waals surface area contributed by atoms with Crippen LogP contribution >= 0.6 is 0 Å². The van der Waals surface area contributed by atoms with Gasteiger partial charge in [-0.3, -0.25) is 9.82 Å². The van der Waals surface area contributed by atoms with E-state index in [1.165, 1.54) is 18.2 Å². The fourth-order valence-electron chi connectivity index (χ4n) is 1.59. The van der Waals surface area contributed by atoms with Crippen molar-refractivity contribution in [1.82, 2.24) is 10.2 Å². The van der Waals surface area contributed by atoms with Gasteiger partial charge in [-0.05, 0) is 18.6 Å². The molecule has 0 aliphatic carbocycles. The molecular formula is C11H13FN4O2S. The van der Waals surface area contributed by atoms with Crippen LogP contribution in [-0.4, -0.2) is 18.6 Å². The number of halogens is 1. The number of nitrogens with two attached hydrogens (primary N) is 1. The number of hydrogen-bond acceptors (Lipinski definition) is 4. The minimum absolute atomic E-state index is 0.0968. The van der Waals surface area contributed by atoms with Crippen molar-refractivity contribution in [2.75, 3.05) is 10.5 Å². The maximum atomic E-state index is 13.6. The van der Waals surface area contributed by atoms with Crippen LogP contribution in [0.4, 0.5) is 15.9 Å². The van der Waals surface area contributed by atoms with Crippen molar-refractivity contribution in [2.24, 2.45) is 0 Å². The Labute approximate surface area is 109 Å². The largest absolute Gasteiger partial charge is 0.398 e. The first-order valence-electron chi connectivity index (χ1n) is 5.55. The fourth-order valence-corrected chi connectivity index (χ4v) is 2.78. The van der Waals surface area contributed by atoms with Crippen molar-refractivity contribution >= 4 is 21.5 Å². The summed E-state index contributed by atoms with van der Waals surface area (Å²) in [6.07, 6.45) is 0.677. The Balaban J connectivity index is 2.38. The van der Waals surface area contributed by atoms with Gasteiger partial charge in [0.1, 0.15) is 10.7 Å². The summed E-state index contributed by atoms with van der Waals surface area (Å²) in [5.41, 5.74) is 6.11. The molecule has 1 aromatic heterocycles. The van der Waals surface area contributed by atoms with Crippen LogP contribution in [0.2, 0.25) is 0 Å². The molecule has 0 saturated carbocycles. The van der Waals surface area contributed by atoms with Gasteiger partial charge in [-0.2, -0.15) is 5.10 Å². The van der Waals surface area contributed by atoms with Gasteiger partial charge in [0.05, 0.1) is 5.69 Å². The molecule has 0 spiro atoms. The molecule has 0 aliphatic heterocycles. The molecule has 6 nitrogen and oxygen atoms in total. The minimum atomic E-state index is -4.10. The number of aryl methyl sites for hydroxylation is 1. The highest BCUT2D eigenvalue weighted by Gasteiger charge is 2.23. The molecule has 19 heavy (non-hydrogen) atoms. The maximum absolute atomic E-state index is 13.6. The zero-order valence-electron chi connectivity index (χ0n) is 10.1. The van der Waals surface area contributed by atoms with E-state index in [1.54, 1.807) is 0 Å². The van der Waals surface area contributed by atoms with Crippen LogP contribution in [0.25, 0.3) is 0 Å². The molecule has 8 heteroatoms. The van der Waals surface area contributed by atoms with E-state index in [4.69, 9.17) is 5.73 Å². The number of aromatic amines is 1. The molecule has 2 rings (SSSR count). The Bertz CT molecular complexity index is 676. The highest BCUT2D eigenvalue weighted by atomic mass is 32.2. The third-order valence-electron chi connectivity index (χ3n) is 2.52. The minimum Gasteiger partial charge on any atom is -0.398 e. The second-order valence-corrected chi connectivity index (χ2v) is 5.51. The zero-order valence-corrected chi connectivity index (χ0v) is 11.0. The van der Waals surface area contributed by atoms with Crippen molar-refractivity contribution in [2.45, 2.75) is 18.2 Å². The SMILES string of the molecule is CCc1cc(NS(=O)(=O)c2c(N)cccc2F)n[nH]1. The van der Waals surface area contributed by atoms with E-state index >= 15 is 0 Å². The number of nitrogens with one attached hydrogen (secondary N) is 2. The van der Waals surface area contributed by atoms with Gasteiger partial charge in [0, 0.05) is 11.8 Å². The molecular weight excluding hydrogens is 271 g/mol. The van der Waals surface area contributed by atoms with E-state index in [0.29, 0.717) is 6.42 Å². The van der Waals surface area contributed by atoms with Gasteiger partial charge in [-0.1, -0.05) is 13.0 Å². The smallest absolute Gasteiger partial charge is 0.268 e. The van der Waals surface area contributed by atoms with Crippen molar-refractivity contribution in [3.63, 3.8) is 0 Å². The Morgan fingerprint density at radius 2 is 2.21 bits per heavy atom. The summed E-state index contributed by atoms with van der Waals surface area (Å²) >= 11 is 0. The van der Waals surface area contributed by atoms with Crippen LogP contribution in [0.3, 0.4) is 0 Å². The first-order valence-corrected chi connectivity index (χ1v) is 7.03. The van der Waals surface area contributed by atoms with Crippen molar-refractivity contribution in [1.29, 1.82) is 0 Å². The summed E-state index contributed by atoms with van der Waals surface area (Å²) in [6.45, 7) is 1.89. The number of nitrogen functional groups attached to an aromatic ring is 1. The number of anilines is 2. The molecule has 0 bridgehead atoms. The van der Waals surface area contributed by atoms with E-state index in [1.807, 2.05) is 6.92 Å². The van der Waals surface area contributed by atoms with Gasteiger partial charge >= 0.3 is 0 Å². The topological polar surface area (TPSA) is 101 Å². The van der Waals surface area contributed by atoms with Crippen LogP contribution in [0.1, 0.15) is 12.6 Å². The Morgan fingerprint density at radius 3 is 2.79 bits per heavy atom. The summed E-state index contributed by atoms with van der Waals surface area (Å²) < 4.78 is 39.9. The average Bonchev–Trinajstić information content (AvgIpc) is 2.75. The number of sulfonamides is 1. The lowest BCUT2D eigenvalue weighted by Crippen LogP contribution is -2.16. The number of aromatic nitrogens is 2. The molecule has 0 saturated heterocycles. The lowest BCUT2D eigenvalue weighted by Gasteiger charge is -2.08. The number of rotatable bonds is 4. The Morgan fingerprint density at radius 1 is 1.47 bits per heavy atom. The second-order valence-electron chi connectivity index (χ2n) is 3.90. The van der Waals surface area contributed by atoms with Gasteiger partial charge < -0.3 is 5.73 Å². The van der Waals surface area contributed by atoms with Gasteiger partial charge in [-0.15, -0.1) is 0 Å². The molecule has 102 valence electrons. The molecule has 0 unspecified atom stereocenters. The first kappa shape index (κ1) is 13.3. The predicted molar refractivity (Wildman–Crippen MR) is 69.6 cm³/mol. The summed E-state index contributed by atoms with van der Waals surface area (Å²) in [4.78, 5) is -0.573. The van der Waals surface area contributed by atoms with Crippen LogP contribution in [0, 0.1) is 5.82 Å². The average molecular weight is 284 g/mol. The predicted octanol–water partition coefficient (Wildman–Crippen LogP) is 1.49. The fraction of sp³-hybridized carbons (Fsp3) is 0.182. The van der Waals surface area contributed by atoms with Crippen LogP contribution in [-0.2, 0) is 16.4 Å². The number of benzene rings is 1. The molecule has 0 radical (unpaired) electrons. The second kappa shape index (κ2) is 4.88. The molecule has 0 fully saturated rings. The van der Waals surface area contributed by atoms with Crippen molar-refractivity contribution in [3.05, 3.63) is 35.8 Å². The van der Waals surface area contributed by atoms with E-state index < -0.39 is 20.7 Å². The summed E-state index contributed by atoms with van der Waals surface area (Å²) in [5, 5.41) is 6.44. The number of nitrogens with zero attached hydrogens (tertiary/aromatic N) is 1.